The van der Waals surface area contributed by atoms with Crippen LogP contribution in [-0.4, -0.2) is 52.9 Å². The van der Waals surface area contributed by atoms with Crippen LogP contribution in [0.5, 0.6) is 5.75 Å². The number of carbonyl (C=O) groups is 3. The van der Waals surface area contributed by atoms with Gasteiger partial charge in [-0.2, -0.15) is 0 Å². The van der Waals surface area contributed by atoms with Gasteiger partial charge >= 0.3 is 5.97 Å². The lowest BCUT2D eigenvalue weighted by molar-refractivity contribution is 0.0587. The molecule has 8 heteroatoms. The number of aromatic nitrogens is 2. The fraction of sp³-hybridized carbons (Fsp3) is 0.308. The molecule has 2 heterocycles. The number of carbonyl (C=O) groups excluding carboxylic acids is 3. The maximum atomic E-state index is 13.5. The second kappa shape index (κ2) is 10.8. The number of esters is 1. The number of rotatable bonds is 9. The smallest absolute Gasteiger partial charge is 0.354 e. The molecule has 3 aromatic rings. The molecule has 0 spiro atoms. The average molecular weight is 464 g/mol. The number of hydrogen-bond acceptors (Lipinski definition) is 6. The van der Waals surface area contributed by atoms with E-state index in [0.717, 1.165) is 5.56 Å². The lowest BCUT2D eigenvalue weighted by atomic mass is 10.0. The number of amides is 1. The minimum absolute atomic E-state index is 0.158. The molecule has 0 N–H and O–H groups in total. The zero-order chi connectivity index (χ0) is 24.8. The fourth-order valence-corrected chi connectivity index (χ4v) is 4.16. The highest BCUT2D eigenvalue weighted by molar-refractivity contribution is 6.06. The number of ether oxygens (including phenoxy) is 2. The van der Waals surface area contributed by atoms with Crippen molar-refractivity contribution in [1.29, 1.82) is 0 Å². The zero-order valence-corrected chi connectivity index (χ0v) is 20.1. The Kier molecular flexibility index (Phi) is 7.83. The average Bonchev–Trinajstić information content (AvgIpc) is 3.12. The van der Waals surface area contributed by atoms with Gasteiger partial charge in [0.05, 0.1) is 20.8 Å². The van der Waals surface area contributed by atoms with Crippen molar-refractivity contribution in [3.63, 3.8) is 0 Å². The molecule has 0 unspecified atom stereocenters. The van der Waals surface area contributed by atoms with E-state index in [-0.39, 0.29) is 24.8 Å². The topological polar surface area (TPSA) is 90.7 Å². The van der Waals surface area contributed by atoms with Gasteiger partial charge in [0.1, 0.15) is 11.4 Å². The van der Waals surface area contributed by atoms with Crippen LogP contribution >= 0.6 is 0 Å². The highest BCUT2D eigenvalue weighted by Crippen LogP contribution is 2.25. The summed E-state index contributed by atoms with van der Waals surface area (Å²) in [4.78, 5) is 44.9. The lowest BCUT2D eigenvalue weighted by Gasteiger charge is -2.23. The minimum atomic E-state index is -0.498. The highest BCUT2D eigenvalue weighted by Gasteiger charge is 2.28. The van der Waals surface area contributed by atoms with Crippen molar-refractivity contribution in [2.75, 3.05) is 20.8 Å². The summed E-state index contributed by atoms with van der Waals surface area (Å²) in [7, 11) is 2.85. The van der Waals surface area contributed by atoms with E-state index in [9.17, 15) is 14.4 Å². The first kappa shape index (κ1) is 24.7. The third-order valence-corrected chi connectivity index (χ3v) is 5.80. The Bertz CT molecular complexity index is 1200. The van der Waals surface area contributed by atoms with Gasteiger partial charge in [-0.15, -0.1) is 0 Å². The number of benzene rings is 1. The molecule has 0 radical (unpaired) electrons. The molecule has 0 saturated carbocycles. The van der Waals surface area contributed by atoms with E-state index >= 15 is 0 Å². The summed E-state index contributed by atoms with van der Waals surface area (Å²) in [5.74, 6) is -0.502. The number of pyridine rings is 1. The molecule has 0 aliphatic rings. The standard InChI is InChI=1S/C26H29N3O5/c1-6-29-18(3)23(17(2)24(29)26(32)34-5)22(30)16-28(15-19-10-12-27-13-11-19)25(31)20-8-7-9-21(14-20)33-4/h7-14H,6,15-16H2,1-5H3. The Labute approximate surface area is 199 Å². The van der Waals surface area contributed by atoms with Crippen LogP contribution in [0.2, 0.25) is 0 Å². The van der Waals surface area contributed by atoms with Gasteiger partial charge in [-0.1, -0.05) is 6.07 Å². The molecule has 2 aromatic heterocycles. The molecular formula is C26H29N3O5. The number of Topliss-reactive ketones (excluding diaryl/α,β-unsaturated/α-hetero) is 1. The second-order valence-electron chi connectivity index (χ2n) is 7.84. The summed E-state index contributed by atoms with van der Waals surface area (Å²) < 4.78 is 12.0. The van der Waals surface area contributed by atoms with Crippen LogP contribution in [0.4, 0.5) is 0 Å². The van der Waals surface area contributed by atoms with Crippen LogP contribution in [0.1, 0.15) is 54.9 Å². The SMILES string of the molecule is CCn1c(C)c(C(=O)CN(Cc2ccncc2)C(=O)c2cccc(OC)c2)c(C)c1C(=O)OC. The number of methoxy groups -OCH3 is 2. The van der Waals surface area contributed by atoms with Crippen molar-refractivity contribution in [2.24, 2.45) is 0 Å². The van der Waals surface area contributed by atoms with Gasteiger partial charge in [0, 0.05) is 42.3 Å². The van der Waals surface area contributed by atoms with Gasteiger partial charge in [0.25, 0.3) is 5.91 Å². The number of hydrogen-bond donors (Lipinski definition) is 0. The molecule has 1 amide bonds. The van der Waals surface area contributed by atoms with Crippen LogP contribution in [0.25, 0.3) is 0 Å². The molecule has 0 aliphatic carbocycles. The largest absolute Gasteiger partial charge is 0.497 e. The Morgan fingerprint density at radius 3 is 2.38 bits per heavy atom. The van der Waals surface area contributed by atoms with Crippen molar-refractivity contribution >= 4 is 17.7 Å². The second-order valence-corrected chi connectivity index (χ2v) is 7.84. The van der Waals surface area contributed by atoms with Crippen molar-refractivity contribution in [3.05, 3.63) is 82.4 Å². The number of nitrogens with zero attached hydrogens (tertiary/aromatic N) is 3. The normalized spacial score (nSPS) is 10.6. The van der Waals surface area contributed by atoms with E-state index in [4.69, 9.17) is 9.47 Å². The summed E-state index contributed by atoms with van der Waals surface area (Å²) in [5, 5.41) is 0. The molecule has 0 atom stereocenters. The van der Waals surface area contributed by atoms with Gasteiger partial charge in [0.2, 0.25) is 0 Å². The quantitative estimate of drug-likeness (QED) is 0.354. The van der Waals surface area contributed by atoms with Gasteiger partial charge < -0.3 is 18.9 Å². The fourth-order valence-electron chi connectivity index (χ4n) is 4.16. The lowest BCUT2D eigenvalue weighted by Crippen LogP contribution is -2.35. The van der Waals surface area contributed by atoms with Gasteiger partial charge in [-0.05, 0) is 62.2 Å². The Hall–Kier alpha value is -3.94. The summed E-state index contributed by atoms with van der Waals surface area (Å²) in [6.07, 6.45) is 3.29. The van der Waals surface area contributed by atoms with Crippen LogP contribution in [0, 0.1) is 13.8 Å². The predicted octanol–water partition coefficient (Wildman–Crippen LogP) is 3.84. The molecule has 3 rings (SSSR count). The van der Waals surface area contributed by atoms with E-state index in [2.05, 4.69) is 4.98 Å². The molecule has 1 aromatic carbocycles. The first-order valence-electron chi connectivity index (χ1n) is 11.0. The summed E-state index contributed by atoms with van der Waals surface area (Å²) in [5.41, 5.74) is 3.26. The van der Waals surface area contributed by atoms with E-state index in [1.54, 1.807) is 67.2 Å². The van der Waals surface area contributed by atoms with Crippen LogP contribution in [0.3, 0.4) is 0 Å². The summed E-state index contributed by atoms with van der Waals surface area (Å²) in [6, 6.07) is 10.4. The molecular weight excluding hydrogens is 434 g/mol. The van der Waals surface area contributed by atoms with Crippen molar-refractivity contribution in [2.45, 2.75) is 33.9 Å². The van der Waals surface area contributed by atoms with Crippen LogP contribution < -0.4 is 4.74 Å². The molecule has 178 valence electrons. The van der Waals surface area contributed by atoms with Crippen LogP contribution in [-0.2, 0) is 17.8 Å². The van der Waals surface area contributed by atoms with E-state index in [1.807, 2.05) is 6.92 Å². The Morgan fingerprint density at radius 2 is 1.76 bits per heavy atom. The van der Waals surface area contributed by atoms with Gasteiger partial charge in [0.15, 0.2) is 5.78 Å². The first-order valence-corrected chi connectivity index (χ1v) is 11.0. The third kappa shape index (κ3) is 5.01. The van der Waals surface area contributed by atoms with Crippen molar-refractivity contribution < 1.29 is 23.9 Å². The maximum Gasteiger partial charge on any atom is 0.354 e. The monoisotopic (exact) mass is 463 g/mol. The van der Waals surface area contributed by atoms with Crippen LogP contribution in [0.15, 0.2) is 48.8 Å². The first-order chi connectivity index (χ1) is 16.3. The predicted molar refractivity (Wildman–Crippen MR) is 127 cm³/mol. The minimum Gasteiger partial charge on any atom is -0.497 e. The van der Waals surface area contributed by atoms with Crippen molar-refractivity contribution in [1.82, 2.24) is 14.5 Å². The third-order valence-electron chi connectivity index (χ3n) is 5.80. The Morgan fingerprint density at radius 1 is 1.06 bits per heavy atom. The maximum absolute atomic E-state index is 13.5. The van der Waals surface area contributed by atoms with E-state index < -0.39 is 5.97 Å². The summed E-state index contributed by atoms with van der Waals surface area (Å²) >= 11 is 0. The Balaban J connectivity index is 1.99. The highest BCUT2D eigenvalue weighted by atomic mass is 16.5. The molecule has 8 nitrogen and oxygen atoms in total. The zero-order valence-electron chi connectivity index (χ0n) is 20.1. The van der Waals surface area contributed by atoms with Crippen molar-refractivity contribution in [3.8, 4) is 5.75 Å². The molecule has 34 heavy (non-hydrogen) atoms. The molecule has 0 bridgehead atoms. The molecule has 0 fully saturated rings. The summed E-state index contributed by atoms with van der Waals surface area (Å²) in [6.45, 7) is 6.00. The van der Waals surface area contributed by atoms with Gasteiger partial charge in [-0.25, -0.2) is 4.79 Å². The van der Waals surface area contributed by atoms with E-state index in [0.29, 0.717) is 40.4 Å². The van der Waals surface area contributed by atoms with E-state index in [1.165, 1.54) is 19.1 Å². The molecule has 0 saturated heterocycles. The van der Waals surface area contributed by atoms with Gasteiger partial charge in [-0.3, -0.25) is 14.6 Å². The number of ketones is 1. The molecule has 0 aliphatic heterocycles.